The van der Waals surface area contributed by atoms with Crippen LogP contribution >= 0.6 is 0 Å². The fraction of sp³-hybridized carbons (Fsp3) is 0.615. The SMILES string of the molecule is CC(=O)CCC(=O)CCC(=O)CCC(=O)C(C)=O. The van der Waals surface area contributed by atoms with Gasteiger partial charge in [-0.15, -0.1) is 0 Å². The lowest BCUT2D eigenvalue weighted by atomic mass is 10.0. The molecule has 100 valence electrons. The topological polar surface area (TPSA) is 85.3 Å². The van der Waals surface area contributed by atoms with E-state index in [1.807, 2.05) is 0 Å². The maximum absolute atomic E-state index is 11.3. The lowest BCUT2D eigenvalue weighted by Gasteiger charge is -2.00. The molecule has 0 rings (SSSR count). The average molecular weight is 254 g/mol. The van der Waals surface area contributed by atoms with Crippen LogP contribution in [0.1, 0.15) is 52.4 Å². The van der Waals surface area contributed by atoms with Gasteiger partial charge in [-0.2, -0.15) is 0 Å². The molecule has 18 heavy (non-hydrogen) atoms. The zero-order chi connectivity index (χ0) is 14.1. The maximum Gasteiger partial charge on any atom is 0.198 e. The Morgan fingerprint density at radius 2 is 1.00 bits per heavy atom. The summed E-state index contributed by atoms with van der Waals surface area (Å²) in [7, 11) is 0. The average Bonchev–Trinajstić information content (AvgIpc) is 2.30. The van der Waals surface area contributed by atoms with Crippen LogP contribution in [0.4, 0.5) is 0 Å². The highest BCUT2D eigenvalue weighted by Crippen LogP contribution is 2.04. The van der Waals surface area contributed by atoms with Crippen molar-refractivity contribution in [2.75, 3.05) is 0 Å². The van der Waals surface area contributed by atoms with Crippen molar-refractivity contribution in [3.05, 3.63) is 0 Å². The first-order valence-electron chi connectivity index (χ1n) is 5.89. The van der Waals surface area contributed by atoms with Crippen molar-refractivity contribution in [2.24, 2.45) is 0 Å². The molecule has 0 radical (unpaired) electrons. The summed E-state index contributed by atoms with van der Waals surface area (Å²) in [6, 6.07) is 0. The Bertz CT molecular complexity index is 368. The van der Waals surface area contributed by atoms with Gasteiger partial charge in [0.2, 0.25) is 0 Å². The van der Waals surface area contributed by atoms with Gasteiger partial charge in [-0.1, -0.05) is 0 Å². The van der Waals surface area contributed by atoms with Crippen molar-refractivity contribution < 1.29 is 24.0 Å². The summed E-state index contributed by atoms with van der Waals surface area (Å²) in [4.78, 5) is 54.8. The molecule has 5 heteroatoms. The number of hydrogen-bond donors (Lipinski definition) is 0. The number of hydrogen-bond acceptors (Lipinski definition) is 5. The first kappa shape index (κ1) is 16.4. The van der Waals surface area contributed by atoms with E-state index in [-0.39, 0.29) is 55.9 Å². The highest BCUT2D eigenvalue weighted by atomic mass is 16.2. The second-order valence-corrected chi connectivity index (χ2v) is 4.26. The number of rotatable bonds is 10. The van der Waals surface area contributed by atoms with Gasteiger partial charge in [0.05, 0.1) is 0 Å². The van der Waals surface area contributed by atoms with E-state index in [4.69, 9.17) is 0 Å². The standard InChI is InChI=1S/C13H18O5/c1-9(14)3-4-11(16)5-6-12(17)7-8-13(18)10(2)15/h3-8H2,1-2H3. The summed E-state index contributed by atoms with van der Waals surface area (Å²) in [6.45, 7) is 2.57. The monoisotopic (exact) mass is 254 g/mol. The van der Waals surface area contributed by atoms with Gasteiger partial charge in [-0.3, -0.25) is 19.2 Å². The largest absolute Gasteiger partial charge is 0.300 e. The molecular formula is C13H18O5. The predicted octanol–water partition coefficient (Wildman–Crippen LogP) is 1.21. The van der Waals surface area contributed by atoms with Gasteiger partial charge in [0.1, 0.15) is 17.3 Å². The number of ketones is 5. The fourth-order valence-corrected chi connectivity index (χ4v) is 1.27. The summed E-state index contributed by atoms with van der Waals surface area (Å²) in [6.07, 6.45) is 0.446. The number of Topliss-reactive ketones (excluding diaryl/α,β-unsaturated/α-hetero) is 5. The lowest BCUT2D eigenvalue weighted by molar-refractivity contribution is -0.136. The molecule has 0 saturated heterocycles. The third-order valence-corrected chi connectivity index (χ3v) is 2.46. The Morgan fingerprint density at radius 1 is 0.611 bits per heavy atom. The van der Waals surface area contributed by atoms with Gasteiger partial charge >= 0.3 is 0 Å². The molecule has 0 atom stereocenters. The minimum Gasteiger partial charge on any atom is -0.300 e. The van der Waals surface area contributed by atoms with E-state index < -0.39 is 11.6 Å². The zero-order valence-corrected chi connectivity index (χ0v) is 10.8. The minimum absolute atomic E-state index is 0.00159. The minimum atomic E-state index is -0.564. The molecule has 0 aromatic rings. The second kappa shape index (κ2) is 8.44. The third-order valence-electron chi connectivity index (χ3n) is 2.46. The van der Waals surface area contributed by atoms with Crippen molar-refractivity contribution in [1.82, 2.24) is 0 Å². The Kier molecular flexibility index (Phi) is 7.67. The van der Waals surface area contributed by atoms with Crippen LogP contribution in [0.5, 0.6) is 0 Å². The Hall–Kier alpha value is -1.65. The molecule has 0 heterocycles. The second-order valence-electron chi connectivity index (χ2n) is 4.26. The molecule has 0 aliphatic rings. The summed E-state index contributed by atoms with van der Waals surface area (Å²) in [5, 5.41) is 0. The van der Waals surface area contributed by atoms with Crippen LogP contribution in [0.2, 0.25) is 0 Å². The summed E-state index contributed by atoms with van der Waals surface area (Å²) >= 11 is 0. The van der Waals surface area contributed by atoms with Crippen LogP contribution < -0.4 is 0 Å². The van der Waals surface area contributed by atoms with Crippen molar-refractivity contribution >= 4 is 28.9 Å². The summed E-state index contributed by atoms with van der Waals surface area (Å²) < 4.78 is 0. The zero-order valence-electron chi connectivity index (χ0n) is 10.8. The van der Waals surface area contributed by atoms with E-state index in [0.717, 1.165) is 6.92 Å². The van der Waals surface area contributed by atoms with E-state index in [0.29, 0.717) is 0 Å². The summed E-state index contributed by atoms with van der Waals surface area (Å²) in [5.41, 5.74) is 0. The van der Waals surface area contributed by atoms with E-state index in [1.165, 1.54) is 6.92 Å². The molecule has 0 saturated carbocycles. The molecule has 0 spiro atoms. The predicted molar refractivity (Wildman–Crippen MR) is 64.1 cm³/mol. The van der Waals surface area contributed by atoms with Crippen molar-refractivity contribution in [3.8, 4) is 0 Å². The van der Waals surface area contributed by atoms with Gasteiger partial charge in [0, 0.05) is 45.4 Å². The van der Waals surface area contributed by atoms with Crippen molar-refractivity contribution in [2.45, 2.75) is 52.4 Å². The molecule has 0 aromatic heterocycles. The normalized spacial score (nSPS) is 9.89. The van der Waals surface area contributed by atoms with Gasteiger partial charge in [-0.05, 0) is 6.92 Å². The molecule has 0 fully saturated rings. The van der Waals surface area contributed by atoms with Gasteiger partial charge < -0.3 is 4.79 Å². The van der Waals surface area contributed by atoms with Crippen LogP contribution in [0.15, 0.2) is 0 Å². The highest BCUT2D eigenvalue weighted by Gasteiger charge is 2.12. The van der Waals surface area contributed by atoms with E-state index in [9.17, 15) is 24.0 Å². The number of carbonyl (C=O) groups excluding carboxylic acids is 5. The quantitative estimate of drug-likeness (QED) is 0.547. The maximum atomic E-state index is 11.3. The molecule has 0 amide bonds. The Morgan fingerprint density at radius 3 is 1.39 bits per heavy atom. The van der Waals surface area contributed by atoms with Gasteiger partial charge in [0.15, 0.2) is 11.6 Å². The molecule has 5 nitrogen and oxygen atoms in total. The highest BCUT2D eigenvalue weighted by molar-refractivity contribution is 6.36. The first-order chi connectivity index (χ1) is 8.32. The molecule has 0 aliphatic heterocycles. The Labute approximate surface area is 106 Å². The van der Waals surface area contributed by atoms with Gasteiger partial charge in [-0.25, -0.2) is 0 Å². The molecule has 0 N–H and O–H groups in total. The fourth-order valence-electron chi connectivity index (χ4n) is 1.27. The van der Waals surface area contributed by atoms with Crippen LogP contribution in [0, 0.1) is 0 Å². The van der Waals surface area contributed by atoms with Crippen LogP contribution in [-0.2, 0) is 24.0 Å². The molecule has 0 aromatic carbocycles. The van der Waals surface area contributed by atoms with E-state index >= 15 is 0 Å². The van der Waals surface area contributed by atoms with Crippen LogP contribution in [0.25, 0.3) is 0 Å². The van der Waals surface area contributed by atoms with Crippen LogP contribution in [0.3, 0.4) is 0 Å². The molecular weight excluding hydrogens is 236 g/mol. The van der Waals surface area contributed by atoms with Crippen LogP contribution in [-0.4, -0.2) is 28.9 Å². The van der Waals surface area contributed by atoms with E-state index in [2.05, 4.69) is 0 Å². The first-order valence-corrected chi connectivity index (χ1v) is 5.89. The Balaban J connectivity index is 3.77. The van der Waals surface area contributed by atoms with E-state index in [1.54, 1.807) is 0 Å². The molecule has 0 unspecified atom stereocenters. The lowest BCUT2D eigenvalue weighted by Crippen LogP contribution is -2.12. The van der Waals surface area contributed by atoms with Crippen molar-refractivity contribution in [3.63, 3.8) is 0 Å². The molecule has 0 aliphatic carbocycles. The smallest absolute Gasteiger partial charge is 0.198 e. The molecule has 0 bridgehead atoms. The summed E-state index contributed by atoms with van der Waals surface area (Å²) in [5.74, 6) is -1.51. The van der Waals surface area contributed by atoms with Crippen molar-refractivity contribution in [1.29, 1.82) is 0 Å². The number of carbonyl (C=O) groups is 5. The third kappa shape index (κ3) is 8.50. The van der Waals surface area contributed by atoms with Gasteiger partial charge in [0.25, 0.3) is 0 Å².